The fraction of sp³-hybridized carbons (Fsp3) is 0.333. The number of rotatable bonds is 4. The quantitative estimate of drug-likeness (QED) is 0.796. The van der Waals surface area contributed by atoms with Crippen molar-refractivity contribution < 1.29 is 4.79 Å². The lowest BCUT2D eigenvalue weighted by atomic mass is 10.1. The van der Waals surface area contributed by atoms with Gasteiger partial charge in [-0.3, -0.25) is 4.79 Å². The second-order valence-electron chi connectivity index (χ2n) is 4.95. The largest absolute Gasteiger partial charge is 0.395 e. The van der Waals surface area contributed by atoms with Gasteiger partial charge in [-0.05, 0) is 23.6 Å². The van der Waals surface area contributed by atoms with Crippen molar-refractivity contribution in [3.05, 3.63) is 41.2 Å². The molecule has 2 rings (SSSR count). The van der Waals surface area contributed by atoms with Gasteiger partial charge in [0.15, 0.2) is 5.69 Å². The Hall–Kier alpha value is -2.34. The summed E-state index contributed by atoms with van der Waals surface area (Å²) in [4.78, 5) is 11.6. The average Bonchev–Trinajstić information content (AvgIpc) is 2.76. The molecule has 6 N–H and O–H groups in total. The van der Waals surface area contributed by atoms with Crippen LogP contribution in [0.2, 0.25) is 0 Å². The van der Waals surface area contributed by atoms with Crippen LogP contribution in [0.15, 0.2) is 24.3 Å². The van der Waals surface area contributed by atoms with Gasteiger partial charge in [-0.25, -0.2) is 4.68 Å². The number of nitrogens with two attached hydrogens (primary N) is 3. The van der Waals surface area contributed by atoms with Gasteiger partial charge in [0, 0.05) is 6.54 Å². The molecular weight excluding hydrogens is 266 g/mol. The van der Waals surface area contributed by atoms with E-state index in [-0.39, 0.29) is 19.0 Å². The van der Waals surface area contributed by atoms with E-state index in [1.807, 2.05) is 38.1 Å². The monoisotopic (exact) mass is 289 g/mol. The van der Waals surface area contributed by atoms with Gasteiger partial charge < -0.3 is 17.2 Å². The molecule has 0 fully saturated rings. The van der Waals surface area contributed by atoms with E-state index >= 15 is 0 Å². The highest BCUT2D eigenvalue weighted by Crippen LogP contribution is 2.26. The highest BCUT2D eigenvalue weighted by atomic mass is 16.1. The van der Waals surface area contributed by atoms with E-state index in [9.17, 15) is 4.79 Å². The zero-order chi connectivity index (χ0) is 14.9. The Labute approximate surface area is 124 Å². The summed E-state index contributed by atoms with van der Waals surface area (Å²) in [6.07, 6.45) is 0. The number of nitrogen functional groups attached to an aromatic ring is 1. The van der Waals surface area contributed by atoms with Gasteiger partial charge in [-0.2, -0.15) is 5.10 Å². The molecule has 0 spiro atoms. The maximum Gasteiger partial charge on any atom is 0.269 e. The molecule has 6 nitrogen and oxygen atoms in total. The fourth-order valence-corrected chi connectivity index (χ4v) is 2.07. The molecule has 1 aromatic carbocycles. The smallest absolute Gasteiger partial charge is 0.269 e. The van der Waals surface area contributed by atoms with Crippen molar-refractivity contribution >= 4 is 11.6 Å². The number of aromatic nitrogens is 2. The Morgan fingerprint density at radius 1 is 1.29 bits per heavy atom. The maximum absolute atomic E-state index is 11.6. The van der Waals surface area contributed by atoms with Gasteiger partial charge in [0.25, 0.3) is 5.91 Å². The van der Waals surface area contributed by atoms with E-state index in [2.05, 4.69) is 5.10 Å². The molecule has 0 aliphatic rings. The normalized spacial score (nSPS) is 10.5. The zero-order valence-corrected chi connectivity index (χ0v) is 11.6. The predicted molar refractivity (Wildman–Crippen MR) is 85.2 cm³/mol. The zero-order valence-electron chi connectivity index (χ0n) is 11.6. The van der Waals surface area contributed by atoms with Crippen molar-refractivity contribution in [1.29, 1.82) is 0 Å². The van der Waals surface area contributed by atoms with E-state index in [4.69, 9.17) is 17.2 Å². The van der Waals surface area contributed by atoms with Gasteiger partial charge in [-0.1, -0.05) is 33.4 Å². The highest BCUT2D eigenvalue weighted by molar-refractivity contribution is 5.97. The van der Waals surface area contributed by atoms with E-state index in [1.165, 1.54) is 4.68 Å². The summed E-state index contributed by atoms with van der Waals surface area (Å²) < 4.78 is 1.49. The second kappa shape index (κ2) is 6.41. The summed E-state index contributed by atoms with van der Waals surface area (Å²) in [5, 5.41) is 4.42. The van der Waals surface area contributed by atoms with Gasteiger partial charge in [-0.15, -0.1) is 0 Å². The first-order chi connectivity index (χ1) is 9.45. The third-order valence-corrected chi connectivity index (χ3v) is 3.15. The lowest BCUT2D eigenvalue weighted by Crippen LogP contribution is -2.18. The van der Waals surface area contributed by atoms with Crippen molar-refractivity contribution in [2.24, 2.45) is 11.5 Å². The summed E-state index contributed by atoms with van der Waals surface area (Å²) >= 11 is 0. The molecule has 0 radical (unpaired) electrons. The Balaban J connectivity index is 0.00000220. The standard InChI is InChI=1S/C14H19N5O.CH4/c1-8(2)12-11(16)13(14(17)20)19(18-12)10-5-3-9(7-15)4-6-10;/h3-6,8H,7,15-16H2,1-2H3,(H2,17,20);1H4. The third kappa shape index (κ3) is 3.05. The number of primary amides is 1. The topological polar surface area (TPSA) is 113 Å². The maximum atomic E-state index is 11.6. The molecule has 2 aromatic rings. The van der Waals surface area contributed by atoms with Crippen molar-refractivity contribution in [2.45, 2.75) is 33.7 Å². The molecular formula is C15H23N5O. The van der Waals surface area contributed by atoms with Crippen molar-refractivity contribution in [3.8, 4) is 5.69 Å². The number of anilines is 1. The summed E-state index contributed by atoms with van der Waals surface area (Å²) in [5.41, 5.74) is 19.9. The van der Waals surface area contributed by atoms with Crippen LogP contribution in [0.4, 0.5) is 5.69 Å². The lowest BCUT2D eigenvalue weighted by Gasteiger charge is -2.06. The van der Waals surface area contributed by atoms with E-state index in [1.54, 1.807) is 0 Å². The van der Waals surface area contributed by atoms with Crippen molar-refractivity contribution in [3.63, 3.8) is 0 Å². The number of hydrogen-bond acceptors (Lipinski definition) is 4. The number of hydrogen-bond donors (Lipinski definition) is 3. The Morgan fingerprint density at radius 2 is 1.86 bits per heavy atom. The van der Waals surface area contributed by atoms with Crippen LogP contribution in [0, 0.1) is 0 Å². The molecule has 1 amide bonds. The summed E-state index contributed by atoms with van der Waals surface area (Å²) in [6.45, 7) is 4.39. The summed E-state index contributed by atoms with van der Waals surface area (Å²) in [6, 6.07) is 7.44. The molecule has 1 heterocycles. The Kier molecular flexibility index (Phi) is 5.10. The van der Waals surface area contributed by atoms with Crippen LogP contribution in [0.3, 0.4) is 0 Å². The number of carbonyl (C=O) groups excluding carboxylic acids is 1. The van der Waals surface area contributed by atoms with Crippen molar-refractivity contribution in [1.82, 2.24) is 9.78 Å². The van der Waals surface area contributed by atoms with Gasteiger partial charge in [0.2, 0.25) is 0 Å². The molecule has 0 unspecified atom stereocenters. The van der Waals surface area contributed by atoms with Crippen LogP contribution in [0.1, 0.15) is 48.9 Å². The van der Waals surface area contributed by atoms with Crippen LogP contribution < -0.4 is 17.2 Å². The number of carbonyl (C=O) groups is 1. The first-order valence-electron chi connectivity index (χ1n) is 6.43. The molecule has 0 saturated carbocycles. The molecule has 114 valence electrons. The summed E-state index contributed by atoms with van der Waals surface area (Å²) in [7, 11) is 0. The van der Waals surface area contributed by atoms with Crippen LogP contribution >= 0.6 is 0 Å². The van der Waals surface area contributed by atoms with E-state index in [0.717, 1.165) is 11.3 Å². The van der Waals surface area contributed by atoms with Gasteiger partial charge >= 0.3 is 0 Å². The van der Waals surface area contributed by atoms with Crippen LogP contribution in [-0.2, 0) is 6.54 Å². The minimum absolute atomic E-state index is 0. The Morgan fingerprint density at radius 3 is 2.29 bits per heavy atom. The molecule has 0 aliphatic carbocycles. The van der Waals surface area contributed by atoms with Crippen LogP contribution in [-0.4, -0.2) is 15.7 Å². The SMILES string of the molecule is C.CC(C)c1nn(-c2ccc(CN)cc2)c(C(N)=O)c1N. The molecule has 0 aliphatic heterocycles. The molecule has 1 aromatic heterocycles. The molecule has 6 heteroatoms. The molecule has 0 saturated heterocycles. The van der Waals surface area contributed by atoms with Gasteiger partial charge in [0.1, 0.15) is 0 Å². The van der Waals surface area contributed by atoms with Crippen molar-refractivity contribution in [2.75, 3.05) is 5.73 Å². The molecule has 0 atom stereocenters. The number of benzene rings is 1. The average molecular weight is 289 g/mol. The van der Waals surface area contributed by atoms with E-state index < -0.39 is 5.91 Å². The third-order valence-electron chi connectivity index (χ3n) is 3.15. The second-order valence-corrected chi connectivity index (χ2v) is 4.95. The number of nitrogens with zero attached hydrogens (tertiary/aromatic N) is 2. The molecule has 0 bridgehead atoms. The van der Waals surface area contributed by atoms with Gasteiger partial charge in [0.05, 0.1) is 17.1 Å². The highest BCUT2D eigenvalue weighted by Gasteiger charge is 2.22. The number of amides is 1. The first kappa shape index (κ1) is 16.7. The van der Waals surface area contributed by atoms with Crippen LogP contribution in [0.25, 0.3) is 5.69 Å². The van der Waals surface area contributed by atoms with E-state index in [0.29, 0.717) is 17.9 Å². The lowest BCUT2D eigenvalue weighted by molar-refractivity contribution is 0.0994. The molecule has 21 heavy (non-hydrogen) atoms. The minimum Gasteiger partial charge on any atom is -0.395 e. The van der Waals surface area contributed by atoms with Crippen LogP contribution in [0.5, 0.6) is 0 Å². The summed E-state index contributed by atoms with van der Waals surface area (Å²) in [5.74, 6) is -0.484. The fourth-order valence-electron chi connectivity index (χ4n) is 2.07. The predicted octanol–water partition coefficient (Wildman–Crippen LogP) is 1.77. The first-order valence-corrected chi connectivity index (χ1v) is 6.43. The Bertz CT molecular complexity index is 628. The minimum atomic E-state index is -0.593.